The number of ether oxygens (including phenoxy) is 1. The SMILES string of the molecule is CCN(CC)COP(=O)(O)O[C@H](C)[PH](=O)OCC1OC(n2ccc(=O)n(Cc3ccccn3)c2=O)C(O)C1O. The fourth-order valence-electron chi connectivity index (χ4n) is 3.74. The summed E-state index contributed by atoms with van der Waals surface area (Å²) in [5, 5.41) is 21.0. The molecule has 0 radical (unpaired) electrons. The molecular weight excluding hydrogens is 558 g/mol. The summed E-state index contributed by atoms with van der Waals surface area (Å²) in [5.74, 6) is -1.32. The van der Waals surface area contributed by atoms with E-state index in [9.17, 15) is 33.8 Å². The van der Waals surface area contributed by atoms with Gasteiger partial charge >= 0.3 is 13.5 Å². The number of aliphatic hydroxyl groups is 2. The van der Waals surface area contributed by atoms with Crippen molar-refractivity contribution in [1.29, 1.82) is 0 Å². The molecule has 2 aromatic rings. The number of phosphoric acid groups is 1. The molecule has 39 heavy (non-hydrogen) atoms. The van der Waals surface area contributed by atoms with Crippen LogP contribution in [0.5, 0.6) is 0 Å². The first-order valence-corrected chi connectivity index (χ1v) is 15.1. The molecule has 3 rings (SSSR count). The minimum Gasteiger partial charge on any atom is -0.387 e. The van der Waals surface area contributed by atoms with E-state index >= 15 is 0 Å². The highest BCUT2D eigenvalue weighted by molar-refractivity contribution is 7.48. The Labute approximate surface area is 225 Å². The van der Waals surface area contributed by atoms with Gasteiger partial charge in [-0.15, -0.1) is 0 Å². The Kier molecular flexibility index (Phi) is 11.3. The Hall–Kier alpha value is -2.03. The van der Waals surface area contributed by atoms with Crippen molar-refractivity contribution in [2.75, 3.05) is 26.4 Å². The third-order valence-corrected chi connectivity index (χ3v) is 8.52. The fraction of sp³-hybridized carbons (Fsp3) is 0.591. The molecule has 2 aromatic heterocycles. The molecule has 1 fully saturated rings. The van der Waals surface area contributed by atoms with E-state index < -0.39 is 64.1 Å². The topological polar surface area (TPSA) is 192 Å². The Balaban J connectivity index is 1.62. The van der Waals surface area contributed by atoms with E-state index in [-0.39, 0.29) is 13.3 Å². The first-order valence-electron chi connectivity index (χ1n) is 12.3. The van der Waals surface area contributed by atoms with Crippen molar-refractivity contribution in [3.63, 3.8) is 0 Å². The van der Waals surface area contributed by atoms with Crippen molar-refractivity contribution in [3.05, 3.63) is 63.2 Å². The summed E-state index contributed by atoms with van der Waals surface area (Å²) in [5.41, 5.74) is -0.935. The van der Waals surface area contributed by atoms with Crippen LogP contribution in [0.2, 0.25) is 0 Å². The highest BCUT2D eigenvalue weighted by Gasteiger charge is 2.44. The average Bonchev–Trinajstić information content (AvgIpc) is 3.19. The molecule has 15 nitrogen and oxygen atoms in total. The van der Waals surface area contributed by atoms with Gasteiger partial charge in [-0.1, -0.05) is 19.9 Å². The van der Waals surface area contributed by atoms with Crippen LogP contribution in [0, 0.1) is 0 Å². The maximum Gasteiger partial charge on any atom is 0.474 e. The first-order chi connectivity index (χ1) is 18.5. The van der Waals surface area contributed by atoms with Crippen LogP contribution < -0.4 is 11.2 Å². The molecule has 6 unspecified atom stereocenters. The first kappa shape index (κ1) is 31.5. The standard InChI is InChI=1S/C22H34N4O11P2/c1-4-24(5-2)14-35-39(32,33)37-15(3)38(31)34-13-17-19(28)20(29)21(36-17)25-11-9-18(27)26(22(25)30)12-16-8-6-7-10-23-16/h6-11,15,17,19-21,28-29,38H,4-5,12-14H2,1-3H3,(H,32,33)/t15-,17?,19?,20?,21?/m0/s1. The minimum absolute atomic E-state index is 0.121. The molecule has 1 aliphatic heterocycles. The fourth-order valence-corrected chi connectivity index (χ4v) is 5.81. The van der Waals surface area contributed by atoms with Crippen molar-refractivity contribution in [2.24, 2.45) is 0 Å². The van der Waals surface area contributed by atoms with Gasteiger partial charge in [0, 0.05) is 18.5 Å². The number of hydrogen-bond acceptors (Lipinski definition) is 12. The lowest BCUT2D eigenvalue weighted by atomic mass is 10.1. The van der Waals surface area contributed by atoms with Crippen LogP contribution in [0.25, 0.3) is 0 Å². The summed E-state index contributed by atoms with van der Waals surface area (Å²) in [6.07, 6.45) is -3.06. The second kappa shape index (κ2) is 14.0. The van der Waals surface area contributed by atoms with Gasteiger partial charge in [-0.25, -0.2) is 9.36 Å². The van der Waals surface area contributed by atoms with Crippen molar-refractivity contribution < 1.29 is 42.5 Å². The molecule has 0 bridgehead atoms. The van der Waals surface area contributed by atoms with Crippen LogP contribution >= 0.6 is 15.9 Å². The zero-order valence-electron chi connectivity index (χ0n) is 21.7. The minimum atomic E-state index is -4.53. The van der Waals surface area contributed by atoms with Crippen LogP contribution in [-0.2, 0) is 34.0 Å². The number of hydrogen-bond donors (Lipinski definition) is 3. The van der Waals surface area contributed by atoms with Crippen molar-refractivity contribution in [3.8, 4) is 0 Å². The Bertz CT molecular complexity index is 1270. The van der Waals surface area contributed by atoms with Crippen LogP contribution in [-0.4, -0.2) is 84.7 Å². The highest BCUT2D eigenvalue weighted by Crippen LogP contribution is 2.49. The van der Waals surface area contributed by atoms with Crippen LogP contribution in [0.1, 0.15) is 32.7 Å². The van der Waals surface area contributed by atoms with Crippen LogP contribution in [0.3, 0.4) is 0 Å². The summed E-state index contributed by atoms with van der Waals surface area (Å²) >= 11 is 0. The molecule has 17 heteroatoms. The molecule has 0 aliphatic carbocycles. The van der Waals surface area contributed by atoms with Gasteiger partial charge in [0.2, 0.25) is 8.03 Å². The summed E-state index contributed by atoms with van der Waals surface area (Å²) in [6.45, 7) is 5.36. The third kappa shape index (κ3) is 8.24. The normalized spacial score (nSPS) is 24.5. The largest absolute Gasteiger partial charge is 0.474 e. The summed E-state index contributed by atoms with van der Waals surface area (Å²) < 4.78 is 47.2. The predicted molar refractivity (Wildman–Crippen MR) is 138 cm³/mol. The Morgan fingerprint density at radius 1 is 1.21 bits per heavy atom. The third-order valence-electron chi connectivity index (χ3n) is 6.06. The van der Waals surface area contributed by atoms with E-state index in [4.69, 9.17) is 18.3 Å². The molecule has 3 heterocycles. The van der Waals surface area contributed by atoms with E-state index in [0.717, 1.165) is 21.4 Å². The number of nitrogens with zero attached hydrogens (tertiary/aromatic N) is 4. The quantitative estimate of drug-likeness (QED) is 0.201. The number of pyridine rings is 1. The molecule has 0 saturated carbocycles. The smallest absolute Gasteiger partial charge is 0.387 e. The molecule has 3 N–H and O–H groups in total. The molecule has 7 atom stereocenters. The van der Waals surface area contributed by atoms with Crippen molar-refractivity contribution in [2.45, 2.75) is 57.7 Å². The summed E-state index contributed by atoms with van der Waals surface area (Å²) in [7, 11) is -7.63. The Morgan fingerprint density at radius 3 is 2.56 bits per heavy atom. The predicted octanol–water partition coefficient (Wildman–Crippen LogP) is 0.343. The van der Waals surface area contributed by atoms with Gasteiger partial charge < -0.3 is 24.4 Å². The van der Waals surface area contributed by atoms with Gasteiger partial charge in [0.25, 0.3) is 5.56 Å². The van der Waals surface area contributed by atoms with Gasteiger partial charge in [-0.2, -0.15) is 0 Å². The van der Waals surface area contributed by atoms with Crippen LogP contribution in [0.4, 0.5) is 0 Å². The zero-order valence-corrected chi connectivity index (χ0v) is 23.6. The Morgan fingerprint density at radius 2 is 1.92 bits per heavy atom. The van der Waals surface area contributed by atoms with Crippen molar-refractivity contribution >= 4 is 15.9 Å². The van der Waals surface area contributed by atoms with E-state index in [1.807, 2.05) is 13.8 Å². The number of aliphatic hydroxyl groups excluding tert-OH is 2. The van der Waals surface area contributed by atoms with Gasteiger partial charge in [0.1, 0.15) is 30.9 Å². The molecule has 1 saturated heterocycles. The second-order valence-corrected chi connectivity index (χ2v) is 11.9. The van der Waals surface area contributed by atoms with Gasteiger partial charge in [-0.3, -0.25) is 37.4 Å². The molecule has 1 aliphatic rings. The summed E-state index contributed by atoms with van der Waals surface area (Å²) in [6, 6.07) is 6.15. The average molecular weight is 592 g/mol. The molecule has 0 spiro atoms. The zero-order chi connectivity index (χ0) is 28.7. The van der Waals surface area contributed by atoms with Crippen molar-refractivity contribution in [1.82, 2.24) is 19.0 Å². The van der Waals surface area contributed by atoms with E-state index in [2.05, 4.69) is 4.98 Å². The molecule has 218 valence electrons. The summed E-state index contributed by atoms with van der Waals surface area (Å²) in [4.78, 5) is 41.1. The number of phosphoric ester groups is 1. The van der Waals surface area contributed by atoms with Gasteiger partial charge in [-0.05, 0) is 32.1 Å². The number of rotatable bonds is 14. The lowest BCUT2D eigenvalue weighted by molar-refractivity contribution is -0.0518. The maximum absolute atomic E-state index is 13.0. The van der Waals surface area contributed by atoms with Gasteiger partial charge in [0.15, 0.2) is 6.23 Å². The molecule has 0 aromatic carbocycles. The van der Waals surface area contributed by atoms with E-state index in [0.29, 0.717) is 18.8 Å². The molecule has 0 amide bonds. The van der Waals surface area contributed by atoms with Crippen LogP contribution in [0.15, 0.2) is 46.2 Å². The maximum atomic E-state index is 13.0. The highest BCUT2D eigenvalue weighted by atomic mass is 31.2. The molecular formula is C22H34N4O11P2. The second-order valence-electron chi connectivity index (χ2n) is 8.71. The van der Waals surface area contributed by atoms with E-state index in [1.165, 1.54) is 13.1 Å². The lowest BCUT2D eigenvalue weighted by Gasteiger charge is -2.22. The number of aromatic nitrogens is 3. The van der Waals surface area contributed by atoms with Gasteiger partial charge in [0.05, 0.1) is 18.8 Å². The monoisotopic (exact) mass is 592 g/mol. The lowest BCUT2D eigenvalue weighted by Crippen LogP contribution is -2.43. The van der Waals surface area contributed by atoms with E-state index in [1.54, 1.807) is 23.1 Å².